The van der Waals surface area contributed by atoms with Crippen LogP contribution in [0.25, 0.3) is 0 Å². The molecule has 216 valence electrons. The molecule has 0 aromatic heterocycles. The highest BCUT2D eigenvalue weighted by Crippen LogP contribution is 2.39. The van der Waals surface area contributed by atoms with E-state index in [0.717, 1.165) is 44.9 Å². The SMILES string of the molecule is CC1(C)CC(OC(=O)CCCCCCCCCC(=O)OC2CC(C)(C)N(O)C(C)(C)C2)CC(C)(C)N1O. The van der Waals surface area contributed by atoms with Crippen LogP contribution >= 0.6 is 0 Å². The second kappa shape index (κ2) is 12.8. The van der Waals surface area contributed by atoms with Crippen LogP contribution in [-0.4, -0.2) is 66.8 Å². The van der Waals surface area contributed by atoms with Crippen LogP contribution in [0.3, 0.4) is 0 Å². The number of piperidine rings is 2. The van der Waals surface area contributed by atoms with E-state index in [1.165, 1.54) is 10.1 Å². The summed E-state index contributed by atoms with van der Waals surface area (Å²) in [6, 6.07) is 0. The fourth-order valence-corrected chi connectivity index (χ4v) is 6.44. The molecule has 0 spiro atoms. The minimum atomic E-state index is -0.422. The van der Waals surface area contributed by atoms with Gasteiger partial charge >= 0.3 is 11.9 Å². The molecule has 0 radical (unpaired) electrons. The molecular formula is C29H54N2O6. The summed E-state index contributed by atoms with van der Waals surface area (Å²) in [7, 11) is 0. The maximum atomic E-state index is 12.3. The molecule has 8 heteroatoms. The molecule has 0 unspecified atom stereocenters. The number of carbonyl (C=O) groups is 2. The predicted molar refractivity (Wildman–Crippen MR) is 143 cm³/mol. The van der Waals surface area contributed by atoms with E-state index in [-0.39, 0.29) is 24.1 Å². The van der Waals surface area contributed by atoms with E-state index in [4.69, 9.17) is 9.47 Å². The highest BCUT2D eigenvalue weighted by atomic mass is 16.6. The van der Waals surface area contributed by atoms with E-state index in [2.05, 4.69) is 0 Å². The fraction of sp³-hybridized carbons (Fsp3) is 0.931. The molecule has 0 bridgehead atoms. The van der Waals surface area contributed by atoms with Gasteiger partial charge < -0.3 is 19.9 Å². The molecule has 0 aromatic rings. The predicted octanol–water partition coefficient (Wildman–Crippen LogP) is 6.41. The average Bonchev–Trinajstić information content (AvgIpc) is 2.73. The summed E-state index contributed by atoms with van der Waals surface area (Å²) < 4.78 is 11.5. The van der Waals surface area contributed by atoms with Crippen molar-refractivity contribution in [3.05, 3.63) is 0 Å². The highest BCUT2D eigenvalue weighted by molar-refractivity contribution is 5.69. The lowest BCUT2D eigenvalue weighted by atomic mass is 9.80. The Labute approximate surface area is 225 Å². The maximum Gasteiger partial charge on any atom is 0.306 e. The van der Waals surface area contributed by atoms with Crippen LogP contribution in [0.2, 0.25) is 0 Å². The molecule has 2 N–H and O–H groups in total. The van der Waals surface area contributed by atoms with Crippen LogP contribution in [0.15, 0.2) is 0 Å². The summed E-state index contributed by atoms with van der Waals surface area (Å²) in [5, 5.41) is 23.6. The topological polar surface area (TPSA) is 99.5 Å². The Bertz CT molecular complexity index is 665. The number of nitrogens with zero attached hydrogens (tertiary/aromatic N) is 2. The van der Waals surface area contributed by atoms with Gasteiger partial charge in [0.15, 0.2) is 0 Å². The van der Waals surface area contributed by atoms with Gasteiger partial charge in [-0.15, -0.1) is 0 Å². The van der Waals surface area contributed by atoms with Gasteiger partial charge in [-0.25, -0.2) is 0 Å². The van der Waals surface area contributed by atoms with Gasteiger partial charge in [0.25, 0.3) is 0 Å². The van der Waals surface area contributed by atoms with Crippen LogP contribution in [0.4, 0.5) is 0 Å². The second-order valence-corrected chi connectivity index (χ2v) is 13.9. The van der Waals surface area contributed by atoms with Gasteiger partial charge in [-0.3, -0.25) is 9.59 Å². The summed E-state index contributed by atoms with van der Waals surface area (Å²) in [5.74, 6) is -0.282. The Balaban J connectivity index is 1.51. The van der Waals surface area contributed by atoms with Gasteiger partial charge in [-0.1, -0.05) is 32.1 Å². The standard InChI is InChI=1S/C29H54N2O6/c1-26(2)18-22(19-27(3,4)30(26)34)36-24(32)16-14-12-10-9-11-13-15-17-25(33)37-23-20-28(5,6)31(35)29(7,8)21-23/h22-23,34-35H,9-21H2,1-8H3. The smallest absolute Gasteiger partial charge is 0.306 e. The zero-order valence-electron chi connectivity index (χ0n) is 24.8. The molecule has 37 heavy (non-hydrogen) atoms. The van der Waals surface area contributed by atoms with E-state index < -0.39 is 22.2 Å². The van der Waals surface area contributed by atoms with Crippen LogP contribution in [0.1, 0.15) is 139 Å². The maximum absolute atomic E-state index is 12.3. The zero-order valence-corrected chi connectivity index (χ0v) is 24.8. The van der Waals surface area contributed by atoms with Crippen molar-refractivity contribution in [1.29, 1.82) is 0 Å². The fourth-order valence-electron chi connectivity index (χ4n) is 6.44. The third-order valence-corrected chi connectivity index (χ3v) is 8.06. The first-order valence-corrected chi connectivity index (χ1v) is 14.3. The van der Waals surface area contributed by atoms with Crippen molar-refractivity contribution in [2.45, 2.75) is 173 Å². The van der Waals surface area contributed by atoms with E-state index in [0.29, 0.717) is 38.5 Å². The number of rotatable bonds is 12. The monoisotopic (exact) mass is 526 g/mol. The zero-order chi connectivity index (χ0) is 28.1. The molecule has 0 saturated carbocycles. The third-order valence-electron chi connectivity index (χ3n) is 8.06. The number of hydroxylamine groups is 4. The van der Waals surface area contributed by atoms with E-state index in [1.807, 2.05) is 55.4 Å². The summed E-state index contributed by atoms with van der Waals surface area (Å²) in [6.45, 7) is 15.8. The van der Waals surface area contributed by atoms with Crippen molar-refractivity contribution in [3.63, 3.8) is 0 Å². The summed E-state index contributed by atoms with van der Waals surface area (Å²) in [4.78, 5) is 24.7. The Morgan fingerprint density at radius 3 is 1.08 bits per heavy atom. The van der Waals surface area contributed by atoms with Crippen molar-refractivity contribution in [1.82, 2.24) is 10.1 Å². The number of hydrogen-bond donors (Lipinski definition) is 2. The quantitative estimate of drug-likeness (QED) is 0.222. The van der Waals surface area contributed by atoms with Gasteiger partial charge in [0.1, 0.15) is 12.2 Å². The van der Waals surface area contributed by atoms with E-state index in [1.54, 1.807) is 0 Å². The number of ether oxygens (including phenoxy) is 2. The molecule has 0 aromatic carbocycles. The average molecular weight is 527 g/mol. The Morgan fingerprint density at radius 1 is 0.568 bits per heavy atom. The molecule has 2 aliphatic heterocycles. The number of esters is 2. The molecule has 8 nitrogen and oxygen atoms in total. The van der Waals surface area contributed by atoms with Crippen LogP contribution < -0.4 is 0 Å². The minimum absolute atomic E-state index is 0.141. The summed E-state index contributed by atoms with van der Waals surface area (Å²) >= 11 is 0. The lowest BCUT2D eigenvalue weighted by molar-refractivity contribution is -0.259. The summed E-state index contributed by atoms with van der Waals surface area (Å²) in [6.07, 6.45) is 9.98. The number of hydrogen-bond acceptors (Lipinski definition) is 8. The van der Waals surface area contributed by atoms with Gasteiger partial charge in [-0.2, -0.15) is 10.1 Å². The molecule has 2 aliphatic rings. The van der Waals surface area contributed by atoms with E-state index in [9.17, 15) is 20.0 Å². The summed E-state index contributed by atoms with van der Waals surface area (Å²) in [5.41, 5.74) is -1.69. The molecule has 0 aliphatic carbocycles. The van der Waals surface area contributed by atoms with Crippen LogP contribution in [-0.2, 0) is 19.1 Å². The minimum Gasteiger partial charge on any atom is -0.462 e. The molecule has 2 heterocycles. The van der Waals surface area contributed by atoms with Crippen molar-refractivity contribution < 1.29 is 29.5 Å². The first-order valence-electron chi connectivity index (χ1n) is 14.3. The van der Waals surface area contributed by atoms with Gasteiger partial charge in [0.2, 0.25) is 0 Å². The Morgan fingerprint density at radius 2 is 0.811 bits per heavy atom. The first-order chi connectivity index (χ1) is 17.0. The van der Waals surface area contributed by atoms with Crippen molar-refractivity contribution in [2.75, 3.05) is 0 Å². The lowest BCUT2D eigenvalue weighted by Gasteiger charge is -2.50. The first kappa shape index (κ1) is 32.0. The number of unbranched alkanes of at least 4 members (excludes halogenated alkanes) is 6. The molecule has 0 amide bonds. The van der Waals surface area contributed by atoms with Gasteiger partial charge in [0, 0.05) is 60.7 Å². The largest absolute Gasteiger partial charge is 0.462 e. The molecule has 0 atom stereocenters. The van der Waals surface area contributed by atoms with Crippen LogP contribution in [0, 0.1) is 0 Å². The third kappa shape index (κ3) is 9.48. The molecule has 2 rings (SSSR count). The van der Waals surface area contributed by atoms with Crippen molar-refractivity contribution >= 4 is 11.9 Å². The molecule has 2 fully saturated rings. The van der Waals surface area contributed by atoms with Crippen molar-refractivity contribution in [3.8, 4) is 0 Å². The highest BCUT2D eigenvalue weighted by Gasteiger charge is 2.47. The van der Waals surface area contributed by atoms with Gasteiger partial charge in [0.05, 0.1) is 0 Å². The lowest BCUT2D eigenvalue weighted by Crippen LogP contribution is -2.60. The number of carbonyl (C=O) groups excluding carboxylic acids is 2. The van der Waals surface area contributed by atoms with Crippen molar-refractivity contribution in [2.24, 2.45) is 0 Å². The molecule has 2 saturated heterocycles. The van der Waals surface area contributed by atoms with Gasteiger partial charge in [-0.05, 0) is 68.2 Å². The normalized spacial score (nSPS) is 24.1. The van der Waals surface area contributed by atoms with E-state index >= 15 is 0 Å². The second-order valence-electron chi connectivity index (χ2n) is 13.9. The Hall–Kier alpha value is -1.22. The molecular weight excluding hydrogens is 472 g/mol. The Kier molecular flexibility index (Phi) is 11.0. The van der Waals surface area contributed by atoms with Crippen LogP contribution in [0.5, 0.6) is 0 Å².